The van der Waals surface area contributed by atoms with Gasteiger partial charge in [0.1, 0.15) is 0 Å². The summed E-state index contributed by atoms with van der Waals surface area (Å²) in [6.45, 7) is 6.08. The van der Waals surface area contributed by atoms with E-state index in [1.807, 2.05) is 13.8 Å². The first-order valence-electron chi connectivity index (χ1n) is 5.10. The Labute approximate surface area is 110 Å². The second-order valence-electron chi connectivity index (χ2n) is 3.83. The predicted molar refractivity (Wildman–Crippen MR) is 72.8 cm³/mol. The Bertz CT molecular complexity index is 343. The van der Waals surface area contributed by atoms with Crippen molar-refractivity contribution in [2.75, 3.05) is 4.43 Å². The molecule has 0 aromatic carbocycles. The minimum absolute atomic E-state index is 0.278. The van der Waals surface area contributed by atoms with Crippen molar-refractivity contribution in [2.45, 2.75) is 38.5 Å². The fourth-order valence-corrected chi connectivity index (χ4v) is 2.85. The summed E-state index contributed by atoms with van der Waals surface area (Å²) in [6.07, 6.45) is 2.05. The van der Waals surface area contributed by atoms with Crippen LogP contribution in [0.5, 0.6) is 0 Å². The van der Waals surface area contributed by atoms with Crippen molar-refractivity contribution < 1.29 is 0 Å². The van der Waals surface area contributed by atoms with Crippen LogP contribution in [0.3, 0.4) is 0 Å². The molecule has 0 amide bonds. The van der Waals surface area contributed by atoms with Crippen LogP contribution in [0.2, 0.25) is 0 Å². The molecule has 1 aromatic heterocycles. The van der Waals surface area contributed by atoms with Crippen LogP contribution in [-0.4, -0.2) is 14.6 Å². The Hall–Kier alpha value is 0.100. The molecule has 0 spiro atoms. The number of aryl methyl sites for hydroxylation is 2. The second kappa shape index (κ2) is 5.43. The highest BCUT2D eigenvalue weighted by Crippen LogP contribution is 2.37. The van der Waals surface area contributed by atoms with Gasteiger partial charge in [0.15, 0.2) is 0 Å². The smallest absolute Gasteiger partial charge is 0.0802 e. The van der Waals surface area contributed by atoms with Crippen molar-refractivity contribution >= 4 is 34.2 Å². The maximum atomic E-state index is 6.65. The second-order valence-corrected chi connectivity index (χ2v) is 5.32. The lowest BCUT2D eigenvalue weighted by atomic mass is 9.94. The Morgan fingerprint density at radius 3 is 2.60 bits per heavy atom. The summed E-state index contributed by atoms with van der Waals surface area (Å²) >= 11 is 8.99. The van der Waals surface area contributed by atoms with Gasteiger partial charge < -0.3 is 0 Å². The van der Waals surface area contributed by atoms with E-state index in [0.717, 1.165) is 34.2 Å². The maximum absolute atomic E-state index is 6.65. The molecule has 0 radical (unpaired) electrons. The minimum atomic E-state index is -0.278. The van der Waals surface area contributed by atoms with Gasteiger partial charge in [0, 0.05) is 4.43 Å². The van der Waals surface area contributed by atoms with E-state index < -0.39 is 0 Å². The Balaban J connectivity index is 3.16. The lowest BCUT2D eigenvalue weighted by Gasteiger charge is -2.26. The maximum Gasteiger partial charge on any atom is 0.0802 e. The monoisotopic (exact) mass is 338 g/mol. The molecular formula is C11H16ClIN2. The summed E-state index contributed by atoms with van der Waals surface area (Å²) in [5.41, 5.74) is 3.01. The third-order valence-corrected chi connectivity index (χ3v) is 4.72. The zero-order valence-corrected chi connectivity index (χ0v) is 12.3. The van der Waals surface area contributed by atoms with Crippen molar-refractivity contribution in [3.05, 3.63) is 23.0 Å². The molecule has 0 bridgehead atoms. The number of halogens is 2. The molecule has 0 saturated heterocycles. The van der Waals surface area contributed by atoms with E-state index in [2.05, 4.69) is 45.8 Å². The summed E-state index contributed by atoms with van der Waals surface area (Å²) in [5.74, 6) is 0. The first-order valence-corrected chi connectivity index (χ1v) is 7.00. The van der Waals surface area contributed by atoms with E-state index in [9.17, 15) is 0 Å². The standard InChI is InChI=1S/C11H16ClIN2/c1-4-5-11(12,7-13)10-6-8(2)14-15-9(10)3/h6H,4-5,7H2,1-3H3. The van der Waals surface area contributed by atoms with E-state index >= 15 is 0 Å². The molecule has 4 heteroatoms. The normalized spacial score (nSPS) is 15.0. The van der Waals surface area contributed by atoms with Crippen molar-refractivity contribution in [1.29, 1.82) is 0 Å². The number of alkyl halides is 2. The highest BCUT2D eigenvalue weighted by molar-refractivity contribution is 14.1. The number of rotatable bonds is 4. The van der Waals surface area contributed by atoms with Gasteiger partial charge in [-0.2, -0.15) is 10.2 Å². The van der Waals surface area contributed by atoms with Gasteiger partial charge in [0.2, 0.25) is 0 Å². The SMILES string of the molecule is CCCC(Cl)(CI)c1cc(C)nnc1C. The average molecular weight is 339 g/mol. The number of hydrogen-bond acceptors (Lipinski definition) is 2. The van der Waals surface area contributed by atoms with Crippen LogP contribution in [0, 0.1) is 13.8 Å². The molecule has 15 heavy (non-hydrogen) atoms. The van der Waals surface area contributed by atoms with Crippen LogP contribution in [-0.2, 0) is 4.87 Å². The summed E-state index contributed by atoms with van der Waals surface area (Å²) in [4.78, 5) is -0.278. The van der Waals surface area contributed by atoms with Gasteiger partial charge in [-0.1, -0.05) is 35.9 Å². The molecule has 0 fully saturated rings. The Kier molecular flexibility index (Phi) is 4.77. The fraction of sp³-hybridized carbons (Fsp3) is 0.636. The first kappa shape index (κ1) is 13.2. The molecule has 0 aliphatic carbocycles. The summed E-state index contributed by atoms with van der Waals surface area (Å²) < 4.78 is 0.895. The van der Waals surface area contributed by atoms with E-state index in [0.29, 0.717) is 0 Å². The van der Waals surface area contributed by atoms with Gasteiger partial charge in [-0.15, -0.1) is 11.6 Å². The van der Waals surface area contributed by atoms with Gasteiger partial charge in [-0.05, 0) is 31.9 Å². The van der Waals surface area contributed by atoms with Gasteiger partial charge in [-0.25, -0.2) is 0 Å². The number of nitrogens with zero attached hydrogens (tertiary/aromatic N) is 2. The van der Waals surface area contributed by atoms with Crippen molar-refractivity contribution in [3.63, 3.8) is 0 Å². The van der Waals surface area contributed by atoms with Crippen LogP contribution in [0.1, 0.15) is 36.7 Å². The highest BCUT2D eigenvalue weighted by atomic mass is 127. The van der Waals surface area contributed by atoms with Crippen molar-refractivity contribution in [2.24, 2.45) is 0 Å². The van der Waals surface area contributed by atoms with Crippen LogP contribution < -0.4 is 0 Å². The lowest BCUT2D eigenvalue weighted by molar-refractivity contribution is 0.602. The largest absolute Gasteiger partial charge is 0.156 e. The zero-order chi connectivity index (χ0) is 11.5. The van der Waals surface area contributed by atoms with E-state index in [1.54, 1.807) is 0 Å². The molecule has 0 aliphatic rings. The topological polar surface area (TPSA) is 25.8 Å². The molecule has 1 unspecified atom stereocenters. The summed E-state index contributed by atoms with van der Waals surface area (Å²) in [6, 6.07) is 2.06. The lowest BCUT2D eigenvalue weighted by Crippen LogP contribution is -2.22. The highest BCUT2D eigenvalue weighted by Gasteiger charge is 2.29. The van der Waals surface area contributed by atoms with Gasteiger partial charge in [-0.3, -0.25) is 0 Å². The van der Waals surface area contributed by atoms with Crippen LogP contribution in [0.4, 0.5) is 0 Å². The van der Waals surface area contributed by atoms with Gasteiger partial charge in [0.25, 0.3) is 0 Å². The molecule has 2 nitrogen and oxygen atoms in total. The molecule has 1 atom stereocenters. The van der Waals surface area contributed by atoms with Crippen molar-refractivity contribution in [3.8, 4) is 0 Å². The third-order valence-electron chi connectivity index (χ3n) is 2.44. The molecule has 1 heterocycles. The Morgan fingerprint density at radius 2 is 2.07 bits per heavy atom. The molecule has 0 saturated carbocycles. The van der Waals surface area contributed by atoms with E-state index in [4.69, 9.17) is 11.6 Å². The minimum Gasteiger partial charge on any atom is -0.156 e. The van der Waals surface area contributed by atoms with Gasteiger partial charge >= 0.3 is 0 Å². The third kappa shape index (κ3) is 3.03. The van der Waals surface area contributed by atoms with Crippen LogP contribution >= 0.6 is 34.2 Å². The van der Waals surface area contributed by atoms with Gasteiger partial charge in [0.05, 0.1) is 16.3 Å². The average Bonchev–Trinajstić information content (AvgIpc) is 2.22. The predicted octanol–water partition coefficient (Wildman–Crippen LogP) is 3.76. The van der Waals surface area contributed by atoms with E-state index in [1.165, 1.54) is 0 Å². The number of aromatic nitrogens is 2. The number of hydrogen-bond donors (Lipinski definition) is 0. The quantitative estimate of drug-likeness (QED) is 0.617. The van der Waals surface area contributed by atoms with Crippen LogP contribution in [0.15, 0.2) is 6.07 Å². The summed E-state index contributed by atoms with van der Waals surface area (Å²) in [7, 11) is 0. The summed E-state index contributed by atoms with van der Waals surface area (Å²) in [5, 5.41) is 8.17. The first-order chi connectivity index (χ1) is 7.03. The molecule has 84 valence electrons. The molecule has 1 aromatic rings. The molecule has 1 rings (SSSR count). The molecule has 0 aliphatic heterocycles. The molecular weight excluding hydrogens is 322 g/mol. The molecule has 0 N–H and O–H groups in total. The Morgan fingerprint density at radius 1 is 1.40 bits per heavy atom. The fourth-order valence-electron chi connectivity index (χ4n) is 1.67. The van der Waals surface area contributed by atoms with Crippen LogP contribution in [0.25, 0.3) is 0 Å². The van der Waals surface area contributed by atoms with E-state index in [-0.39, 0.29) is 4.87 Å². The van der Waals surface area contributed by atoms with Crippen molar-refractivity contribution in [1.82, 2.24) is 10.2 Å². The zero-order valence-electron chi connectivity index (χ0n) is 9.35.